The quantitative estimate of drug-likeness (QED) is 0.433. The van der Waals surface area contributed by atoms with Crippen molar-refractivity contribution in [1.29, 1.82) is 0 Å². The number of rotatable bonds is 7. The lowest BCUT2D eigenvalue weighted by Crippen LogP contribution is -2.16. The number of para-hydroxylation sites is 1. The standard InChI is InChI=1S/C30H42O2/c1-21(2)31-27-18-12-11-17-26(27)30-28(32-22(3)4)20-19-25(23-13-7-5-8-14-23)29(30)24-15-9-6-10-16-24/h11-12,17-24H,5-10,13-16H2,1-4H3. The van der Waals surface area contributed by atoms with E-state index in [4.69, 9.17) is 9.47 Å². The fourth-order valence-corrected chi connectivity index (χ4v) is 5.88. The van der Waals surface area contributed by atoms with Gasteiger partial charge in [-0.3, -0.25) is 0 Å². The normalized spacial score (nSPS) is 18.3. The molecule has 0 radical (unpaired) electrons. The number of hydrogen-bond donors (Lipinski definition) is 0. The summed E-state index contributed by atoms with van der Waals surface area (Å²) in [4.78, 5) is 0. The fraction of sp³-hybridized carbons (Fsp3) is 0.600. The molecule has 0 unspecified atom stereocenters. The van der Waals surface area contributed by atoms with Gasteiger partial charge in [0.25, 0.3) is 0 Å². The van der Waals surface area contributed by atoms with Gasteiger partial charge in [0.05, 0.1) is 12.2 Å². The van der Waals surface area contributed by atoms with Gasteiger partial charge in [0.1, 0.15) is 11.5 Å². The first kappa shape index (κ1) is 23.2. The Hall–Kier alpha value is -1.96. The van der Waals surface area contributed by atoms with Crippen LogP contribution in [-0.2, 0) is 0 Å². The van der Waals surface area contributed by atoms with Crippen LogP contribution in [0.5, 0.6) is 11.5 Å². The zero-order valence-electron chi connectivity index (χ0n) is 20.7. The van der Waals surface area contributed by atoms with Crippen molar-refractivity contribution in [2.24, 2.45) is 0 Å². The summed E-state index contributed by atoms with van der Waals surface area (Å²) in [6.45, 7) is 8.50. The van der Waals surface area contributed by atoms with Crippen molar-refractivity contribution in [1.82, 2.24) is 0 Å². The van der Waals surface area contributed by atoms with Crippen molar-refractivity contribution in [3.05, 3.63) is 47.5 Å². The molecule has 2 aromatic carbocycles. The molecule has 32 heavy (non-hydrogen) atoms. The number of hydrogen-bond acceptors (Lipinski definition) is 2. The molecule has 2 aliphatic carbocycles. The SMILES string of the molecule is CC(C)Oc1ccccc1-c1c(OC(C)C)ccc(C2CCCCC2)c1C1CCCCC1. The van der Waals surface area contributed by atoms with Crippen molar-refractivity contribution in [2.45, 2.75) is 116 Å². The summed E-state index contributed by atoms with van der Waals surface area (Å²) in [6.07, 6.45) is 13.7. The van der Waals surface area contributed by atoms with E-state index >= 15 is 0 Å². The van der Waals surface area contributed by atoms with Gasteiger partial charge in [0, 0.05) is 11.1 Å². The minimum absolute atomic E-state index is 0.144. The van der Waals surface area contributed by atoms with Crippen LogP contribution < -0.4 is 9.47 Å². The summed E-state index contributed by atoms with van der Waals surface area (Å²) < 4.78 is 12.8. The highest BCUT2D eigenvalue weighted by atomic mass is 16.5. The summed E-state index contributed by atoms with van der Waals surface area (Å²) in [5.41, 5.74) is 5.69. The Bertz CT molecular complexity index is 870. The summed E-state index contributed by atoms with van der Waals surface area (Å²) in [6, 6.07) is 13.3. The van der Waals surface area contributed by atoms with Crippen LogP contribution >= 0.6 is 0 Å². The number of benzene rings is 2. The molecule has 0 aromatic heterocycles. The van der Waals surface area contributed by atoms with E-state index in [1.807, 2.05) is 0 Å². The monoisotopic (exact) mass is 434 g/mol. The molecule has 2 aromatic rings. The third kappa shape index (κ3) is 5.33. The zero-order chi connectivity index (χ0) is 22.5. The van der Waals surface area contributed by atoms with E-state index in [0.717, 1.165) is 11.5 Å². The Morgan fingerprint density at radius 1 is 0.625 bits per heavy atom. The molecule has 0 bridgehead atoms. The maximum atomic E-state index is 6.48. The van der Waals surface area contributed by atoms with Crippen molar-refractivity contribution in [3.63, 3.8) is 0 Å². The second-order valence-electron chi connectivity index (χ2n) is 10.4. The smallest absolute Gasteiger partial charge is 0.127 e. The molecule has 0 amide bonds. The Morgan fingerprint density at radius 3 is 1.81 bits per heavy atom. The van der Waals surface area contributed by atoms with Crippen LogP contribution in [0.4, 0.5) is 0 Å². The predicted molar refractivity (Wildman–Crippen MR) is 135 cm³/mol. The molecule has 2 heteroatoms. The van der Waals surface area contributed by atoms with Crippen molar-refractivity contribution in [3.8, 4) is 22.6 Å². The maximum Gasteiger partial charge on any atom is 0.127 e. The summed E-state index contributed by atoms with van der Waals surface area (Å²) in [7, 11) is 0. The molecule has 174 valence electrons. The highest BCUT2D eigenvalue weighted by Gasteiger charge is 2.30. The van der Waals surface area contributed by atoms with Gasteiger partial charge in [0.15, 0.2) is 0 Å². The van der Waals surface area contributed by atoms with Crippen molar-refractivity contribution in [2.75, 3.05) is 0 Å². The van der Waals surface area contributed by atoms with Gasteiger partial charge in [-0.2, -0.15) is 0 Å². The summed E-state index contributed by atoms with van der Waals surface area (Å²) in [5.74, 6) is 3.32. The molecule has 0 spiro atoms. The largest absolute Gasteiger partial charge is 0.490 e. The summed E-state index contributed by atoms with van der Waals surface area (Å²) >= 11 is 0. The Labute approximate surface area is 195 Å². The van der Waals surface area contributed by atoms with Gasteiger partial charge in [-0.15, -0.1) is 0 Å². The molecule has 4 rings (SSSR count). The molecule has 0 saturated heterocycles. The van der Waals surface area contributed by atoms with Crippen LogP contribution in [0.3, 0.4) is 0 Å². The average Bonchev–Trinajstić information content (AvgIpc) is 2.80. The summed E-state index contributed by atoms with van der Waals surface area (Å²) in [5, 5.41) is 0. The van der Waals surface area contributed by atoms with Crippen LogP contribution in [0.25, 0.3) is 11.1 Å². The first-order chi connectivity index (χ1) is 15.5. The van der Waals surface area contributed by atoms with Crippen molar-refractivity contribution >= 4 is 0 Å². The van der Waals surface area contributed by atoms with Crippen LogP contribution in [0, 0.1) is 0 Å². The lowest BCUT2D eigenvalue weighted by atomic mass is 9.73. The highest BCUT2D eigenvalue weighted by molar-refractivity contribution is 5.80. The minimum atomic E-state index is 0.144. The minimum Gasteiger partial charge on any atom is -0.490 e. The first-order valence-electron chi connectivity index (χ1n) is 13.1. The highest BCUT2D eigenvalue weighted by Crippen LogP contribution is 2.50. The molecule has 0 aliphatic heterocycles. The van der Waals surface area contributed by atoms with Crippen LogP contribution in [0.1, 0.15) is 115 Å². The van der Waals surface area contributed by atoms with E-state index in [-0.39, 0.29) is 12.2 Å². The van der Waals surface area contributed by atoms with E-state index in [1.54, 1.807) is 11.1 Å². The molecule has 0 N–H and O–H groups in total. The lowest BCUT2D eigenvalue weighted by Gasteiger charge is -2.33. The van der Waals surface area contributed by atoms with Gasteiger partial charge in [0.2, 0.25) is 0 Å². The Morgan fingerprint density at radius 2 is 1.19 bits per heavy atom. The van der Waals surface area contributed by atoms with Gasteiger partial charge in [-0.25, -0.2) is 0 Å². The van der Waals surface area contributed by atoms with Gasteiger partial charge >= 0.3 is 0 Å². The van der Waals surface area contributed by atoms with Crippen LogP contribution in [0.2, 0.25) is 0 Å². The molecule has 0 heterocycles. The second-order valence-corrected chi connectivity index (χ2v) is 10.4. The molecule has 2 fully saturated rings. The molecular weight excluding hydrogens is 392 g/mol. The number of ether oxygens (including phenoxy) is 2. The van der Waals surface area contributed by atoms with Gasteiger partial charge in [-0.05, 0) is 88.5 Å². The third-order valence-electron chi connectivity index (χ3n) is 7.18. The lowest BCUT2D eigenvalue weighted by molar-refractivity contribution is 0.239. The third-order valence-corrected chi connectivity index (χ3v) is 7.18. The molecule has 2 nitrogen and oxygen atoms in total. The van der Waals surface area contributed by atoms with Crippen LogP contribution in [0.15, 0.2) is 36.4 Å². The predicted octanol–water partition coefficient (Wildman–Crippen LogP) is 9.02. The van der Waals surface area contributed by atoms with Gasteiger partial charge in [-0.1, -0.05) is 62.8 Å². The Kier molecular flexibility index (Phi) is 7.81. The zero-order valence-corrected chi connectivity index (χ0v) is 20.7. The van der Waals surface area contributed by atoms with Crippen molar-refractivity contribution < 1.29 is 9.47 Å². The van der Waals surface area contributed by atoms with E-state index in [9.17, 15) is 0 Å². The molecule has 2 aliphatic rings. The van der Waals surface area contributed by atoms with Crippen LogP contribution in [-0.4, -0.2) is 12.2 Å². The van der Waals surface area contributed by atoms with E-state index in [2.05, 4.69) is 64.1 Å². The maximum absolute atomic E-state index is 6.48. The molecule has 0 atom stereocenters. The fourth-order valence-electron chi connectivity index (χ4n) is 5.88. The average molecular weight is 435 g/mol. The van der Waals surface area contributed by atoms with E-state index in [1.165, 1.54) is 75.3 Å². The van der Waals surface area contributed by atoms with E-state index < -0.39 is 0 Å². The second kappa shape index (κ2) is 10.8. The topological polar surface area (TPSA) is 18.5 Å². The molecular formula is C30H42O2. The van der Waals surface area contributed by atoms with Gasteiger partial charge < -0.3 is 9.47 Å². The van der Waals surface area contributed by atoms with E-state index in [0.29, 0.717) is 11.8 Å². The Balaban J connectivity index is 1.94. The first-order valence-corrected chi connectivity index (χ1v) is 13.1. The molecule has 2 saturated carbocycles.